The Labute approximate surface area is 103 Å². The van der Waals surface area contributed by atoms with Crippen LogP contribution in [-0.2, 0) is 6.54 Å². The van der Waals surface area contributed by atoms with Crippen LogP contribution in [0.2, 0.25) is 0 Å². The molecule has 0 aliphatic heterocycles. The zero-order valence-electron chi connectivity index (χ0n) is 8.80. The third-order valence-corrected chi connectivity index (χ3v) is 3.74. The second kappa shape index (κ2) is 6.62. The highest BCUT2D eigenvalue weighted by Crippen LogP contribution is 2.12. The molecule has 0 saturated carbocycles. The minimum Gasteiger partial charge on any atom is -0.311 e. The third-order valence-electron chi connectivity index (χ3n) is 1.95. The lowest BCUT2D eigenvalue weighted by molar-refractivity contribution is 0.740. The molecule has 0 unspecified atom stereocenters. The van der Waals surface area contributed by atoms with Gasteiger partial charge in [0.1, 0.15) is 5.03 Å². The quantitative estimate of drug-likeness (QED) is 0.632. The van der Waals surface area contributed by atoms with Crippen molar-refractivity contribution in [3.05, 3.63) is 41.0 Å². The molecule has 0 radical (unpaired) electrons. The van der Waals surface area contributed by atoms with E-state index in [9.17, 15) is 0 Å². The van der Waals surface area contributed by atoms with Crippen LogP contribution in [0.25, 0.3) is 0 Å². The molecule has 16 heavy (non-hydrogen) atoms. The van der Waals surface area contributed by atoms with Crippen molar-refractivity contribution in [2.75, 3.05) is 12.3 Å². The number of thiophene rings is 1. The predicted octanol–water partition coefficient (Wildman–Crippen LogP) is 2.42. The maximum atomic E-state index is 4.20. The first kappa shape index (κ1) is 11.6. The number of nitrogens with one attached hydrogen (secondary N) is 1. The fourth-order valence-electron chi connectivity index (χ4n) is 1.21. The highest BCUT2D eigenvalue weighted by Gasteiger charge is 1.95. The average Bonchev–Trinajstić information content (AvgIpc) is 2.83. The second-order valence-corrected chi connectivity index (χ2v) is 5.30. The summed E-state index contributed by atoms with van der Waals surface area (Å²) in [6, 6.07) is 4.23. The Kier molecular flexibility index (Phi) is 4.79. The van der Waals surface area contributed by atoms with Gasteiger partial charge in [-0.25, -0.2) is 4.98 Å². The SMILES string of the molecule is c1csc(CNCCSc2cnccn2)c1. The molecular weight excluding hydrogens is 238 g/mol. The molecule has 0 fully saturated rings. The van der Waals surface area contributed by atoms with Crippen LogP contribution >= 0.6 is 23.1 Å². The van der Waals surface area contributed by atoms with Crippen LogP contribution in [0.1, 0.15) is 4.88 Å². The van der Waals surface area contributed by atoms with Gasteiger partial charge in [0.05, 0.1) is 6.20 Å². The van der Waals surface area contributed by atoms with Crippen molar-refractivity contribution in [3.63, 3.8) is 0 Å². The second-order valence-electron chi connectivity index (χ2n) is 3.15. The Morgan fingerprint density at radius 3 is 3.12 bits per heavy atom. The van der Waals surface area contributed by atoms with Crippen LogP contribution in [0.4, 0.5) is 0 Å². The number of hydrogen-bond donors (Lipinski definition) is 1. The molecular formula is C11H13N3S2. The Balaban J connectivity index is 1.59. The minimum absolute atomic E-state index is 0.957. The Morgan fingerprint density at radius 2 is 2.38 bits per heavy atom. The molecule has 1 N–H and O–H groups in total. The molecule has 0 spiro atoms. The van der Waals surface area contributed by atoms with Crippen LogP contribution in [0.5, 0.6) is 0 Å². The molecule has 0 saturated heterocycles. The predicted molar refractivity (Wildman–Crippen MR) is 68.8 cm³/mol. The molecule has 5 heteroatoms. The van der Waals surface area contributed by atoms with Gasteiger partial charge in [-0.3, -0.25) is 4.98 Å². The summed E-state index contributed by atoms with van der Waals surface area (Å²) in [5, 5.41) is 6.49. The lowest BCUT2D eigenvalue weighted by Crippen LogP contribution is -2.15. The standard InChI is InChI=1S/C11H13N3S2/c1-2-10(15-6-1)8-13-5-7-16-11-9-12-3-4-14-11/h1-4,6,9,13H,5,7-8H2. The molecule has 2 aromatic rings. The number of aromatic nitrogens is 2. The number of nitrogens with zero attached hydrogens (tertiary/aromatic N) is 2. The molecule has 0 aliphatic rings. The molecule has 2 aromatic heterocycles. The van der Waals surface area contributed by atoms with Gasteiger partial charge in [-0.05, 0) is 11.4 Å². The summed E-state index contributed by atoms with van der Waals surface area (Å²) in [7, 11) is 0. The van der Waals surface area contributed by atoms with Crippen LogP contribution in [-0.4, -0.2) is 22.3 Å². The zero-order chi connectivity index (χ0) is 11.1. The molecule has 0 aliphatic carbocycles. The average molecular weight is 251 g/mol. The van der Waals surface area contributed by atoms with Gasteiger partial charge in [0.15, 0.2) is 0 Å². The van der Waals surface area contributed by atoms with Crippen LogP contribution in [0.3, 0.4) is 0 Å². The summed E-state index contributed by atoms with van der Waals surface area (Å²) in [4.78, 5) is 9.60. The van der Waals surface area contributed by atoms with E-state index < -0.39 is 0 Å². The van der Waals surface area contributed by atoms with E-state index in [1.54, 1.807) is 41.7 Å². The van der Waals surface area contributed by atoms with Gasteiger partial charge in [0.2, 0.25) is 0 Å². The van der Waals surface area contributed by atoms with E-state index in [0.717, 1.165) is 23.9 Å². The van der Waals surface area contributed by atoms with E-state index >= 15 is 0 Å². The highest BCUT2D eigenvalue weighted by atomic mass is 32.2. The smallest absolute Gasteiger partial charge is 0.114 e. The molecule has 2 rings (SSSR count). The van der Waals surface area contributed by atoms with E-state index in [-0.39, 0.29) is 0 Å². The first-order chi connectivity index (χ1) is 7.95. The van der Waals surface area contributed by atoms with Crippen LogP contribution < -0.4 is 5.32 Å². The monoisotopic (exact) mass is 251 g/mol. The minimum atomic E-state index is 0.957. The molecule has 3 nitrogen and oxygen atoms in total. The van der Waals surface area contributed by atoms with E-state index in [2.05, 4.69) is 32.8 Å². The molecule has 0 aromatic carbocycles. The largest absolute Gasteiger partial charge is 0.311 e. The van der Waals surface area contributed by atoms with Crippen molar-refractivity contribution in [2.24, 2.45) is 0 Å². The van der Waals surface area contributed by atoms with Gasteiger partial charge in [-0.15, -0.1) is 23.1 Å². The summed E-state index contributed by atoms with van der Waals surface area (Å²) < 4.78 is 0. The van der Waals surface area contributed by atoms with E-state index in [0.29, 0.717) is 0 Å². The Hall–Kier alpha value is -0.910. The first-order valence-electron chi connectivity index (χ1n) is 5.07. The lowest BCUT2D eigenvalue weighted by atomic mass is 10.4. The fraction of sp³-hybridized carbons (Fsp3) is 0.273. The van der Waals surface area contributed by atoms with Gasteiger partial charge in [0.25, 0.3) is 0 Å². The molecule has 0 atom stereocenters. The van der Waals surface area contributed by atoms with Crippen molar-refractivity contribution >= 4 is 23.1 Å². The van der Waals surface area contributed by atoms with Crippen LogP contribution in [0.15, 0.2) is 41.1 Å². The van der Waals surface area contributed by atoms with E-state index in [1.165, 1.54) is 4.88 Å². The van der Waals surface area contributed by atoms with Gasteiger partial charge in [0, 0.05) is 36.1 Å². The van der Waals surface area contributed by atoms with Crippen molar-refractivity contribution in [3.8, 4) is 0 Å². The van der Waals surface area contributed by atoms with Crippen molar-refractivity contribution in [1.82, 2.24) is 15.3 Å². The molecule has 0 bridgehead atoms. The number of thioether (sulfide) groups is 1. The summed E-state index contributed by atoms with van der Waals surface area (Å²) in [5.41, 5.74) is 0. The first-order valence-corrected chi connectivity index (χ1v) is 6.93. The summed E-state index contributed by atoms with van der Waals surface area (Å²) in [6.07, 6.45) is 5.21. The van der Waals surface area contributed by atoms with Crippen molar-refractivity contribution in [1.29, 1.82) is 0 Å². The van der Waals surface area contributed by atoms with Crippen LogP contribution in [0, 0.1) is 0 Å². The summed E-state index contributed by atoms with van der Waals surface area (Å²) >= 11 is 3.51. The maximum Gasteiger partial charge on any atom is 0.114 e. The zero-order valence-corrected chi connectivity index (χ0v) is 10.4. The molecule has 0 amide bonds. The number of rotatable bonds is 6. The fourth-order valence-corrected chi connectivity index (χ4v) is 2.61. The summed E-state index contributed by atoms with van der Waals surface area (Å²) in [6.45, 7) is 1.94. The lowest BCUT2D eigenvalue weighted by Gasteiger charge is -2.02. The van der Waals surface area contributed by atoms with E-state index in [4.69, 9.17) is 0 Å². The Bertz CT molecular complexity index is 389. The Morgan fingerprint density at radius 1 is 1.38 bits per heavy atom. The molecule has 84 valence electrons. The topological polar surface area (TPSA) is 37.8 Å². The van der Waals surface area contributed by atoms with Gasteiger partial charge >= 0.3 is 0 Å². The van der Waals surface area contributed by atoms with Gasteiger partial charge < -0.3 is 5.32 Å². The number of hydrogen-bond acceptors (Lipinski definition) is 5. The van der Waals surface area contributed by atoms with E-state index in [1.807, 2.05) is 0 Å². The van der Waals surface area contributed by atoms with Gasteiger partial charge in [-0.2, -0.15) is 0 Å². The van der Waals surface area contributed by atoms with Gasteiger partial charge in [-0.1, -0.05) is 6.07 Å². The molecule has 2 heterocycles. The highest BCUT2D eigenvalue weighted by molar-refractivity contribution is 7.99. The van der Waals surface area contributed by atoms with Crippen molar-refractivity contribution < 1.29 is 0 Å². The summed E-state index contributed by atoms with van der Waals surface area (Å²) in [5.74, 6) is 1.02. The third kappa shape index (κ3) is 3.92. The maximum absolute atomic E-state index is 4.20. The normalized spacial score (nSPS) is 10.5. The van der Waals surface area contributed by atoms with Crippen molar-refractivity contribution in [2.45, 2.75) is 11.6 Å².